The van der Waals surface area contributed by atoms with Gasteiger partial charge in [0.2, 0.25) is 5.91 Å². The summed E-state index contributed by atoms with van der Waals surface area (Å²) in [7, 11) is 1.62. The second kappa shape index (κ2) is 8.34. The third-order valence-corrected chi connectivity index (χ3v) is 4.37. The van der Waals surface area contributed by atoms with Crippen molar-refractivity contribution < 1.29 is 9.53 Å². The number of carbonyl (C=O) groups excluding carboxylic acids is 1. The van der Waals surface area contributed by atoms with E-state index in [1.165, 1.54) is 11.8 Å². The molecule has 1 amide bonds. The lowest BCUT2D eigenvalue weighted by Gasteiger charge is -2.11. The zero-order valence-electron chi connectivity index (χ0n) is 13.8. The number of para-hydroxylation sites is 2. The van der Waals surface area contributed by atoms with Crippen molar-refractivity contribution in [1.82, 2.24) is 20.1 Å². The average Bonchev–Trinajstić information content (AvgIpc) is 3.08. The molecule has 128 valence electrons. The van der Waals surface area contributed by atoms with Gasteiger partial charge in [0.15, 0.2) is 11.0 Å². The van der Waals surface area contributed by atoms with Gasteiger partial charge < -0.3 is 10.1 Å². The largest absolute Gasteiger partial charge is 0.486 e. The number of thioether (sulfide) groups is 1. The van der Waals surface area contributed by atoms with Crippen LogP contribution in [0.1, 0.15) is 5.82 Å². The van der Waals surface area contributed by atoms with Gasteiger partial charge in [-0.3, -0.25) is 9.36 Å². The number of benzene rings is 2. The number of hydrogen-bond acceptors (Lipinski definition) is 5. The summed E-state index contributed by atoms with van der Waals surface area (Å²) in [6, 6.07) is 19.4. The molecule has 0 radical (unpaired) electrons. The fraction of sp³-hybridized carbons (Fsp3) is 0.167. The van der Waals surface area contributed by atoms with Gasteiger partial charge in [0.05, 0.1) is 5.75 Å². The zero-order valence-corrected chi connectivity index (χ0v) is 14.6. The molecule has 1 aromatic heterocycles. The second-order valence-corrected chi connectivity index (χ2v) is 6.08. The van der Waals surface area contributed by atoms with Crippen LogP contribution < -0.4 is 10.1 Å². The van der Waals surface area contributed by atoms with Gasteiger partial charge in [-0.05, 0) is 24.3 Å². The van der Waals surface area contributed by atoms with Gasteiger partial charge in [-0.15, -0.1) is 10.2 Å². The highest BCUT2D eigenvalue weighted by Gasteiger charge is 2.16. The fourth-order valence-corrected chi connectivity index (χ4v) is 3.03. The van der Waals surface area contributed by atoms with E-state index in [-0.39, 0.29) is 18.3 Å². The lowest BCUT2D eigenvalue weighted by Crippen LogP contribution is -2.20. The highest BCUT2D eigenvalue weighted by molar-refractivity contribution is 7.99. The molecule has 0 spiro atoms. The first-order valence-corrected chi connectivity index (χ1v) is 8.77. The van der Waals surface area contributed by atoms with Crippen molar-refractivity contribution in [1.29, 1.82) is 0 Å². The van der Waals surface area contributed by atoms with Crippen LogP contribution in [-0.4, -0.2) is 33.5 Å². The summed E-state index contributed by atoms with van der Waals surface area (Å²) in [5.74, 6) is 1.66. The zero-order chi connectivity index (χ0) is 17.5. The number of nitrogens with zero attached hydrogens (tertiary/aromatic N) is 3. The van der Waals surface area contributed by atoms with Crippen molar-refractivity contribution in [2.24, 2.45) is 0 Å². The Hall–Kier alpha value is -2.80. The van der Waals surface area contributed by atoms with Crippen molar-refractivity contribution in [2.45, 2.75) is 11.8 Å². The van der Waals surface area contributed by atoms with E-state index in [0.29, 0.717) is 11.0 Å². The Morgan fingerprint density at radius 1 is 1.08 bits per heavy atom. The Morgan fingerprint density at radius 2 is 1.76 bits per heavy atom. The van der Waals surface area contributed by atoms with Crippen LogP contribution in [0.25, 0.3) is 5.69 Å². The molecule has 0 unspecified atom stereocenters. The first-order chi connectivity index (χ1) is 12.3. The summed E-state index contributed by atoms with van der Waals surface area (Å²) in [4.78, 5) is 11.5. The predicted octanol–water partition coefficient (Wildman–Crippen LogP) is 2.68. The van der Waals surface area contributed by atoms with Crippen LogP contribution in [0.15, 0.2) is 65.8 Å². The average molecular weight is 354 g/mol. The van der Waals surface area contributed by atoms with E-state index >= 15 is 0 Å². The number of ether oxygens (including phenoxy) is 1. The summed E-state index contributed by atoms with van der Waals surface area (Å²) >= 11 is 1.34. The summed E-state index contributed by atoms with van der Waals surface area (Å²) in [5, 5.41) is 11.7. The van der Waals surface area contributed by atoms with Crippen molar-refractivity contribution in [3.8, 4) is 11.4 Å². The van der Waals surface area contributed by atoms with Crippen LogP contribution in [0.3, 0.4) is 0 Å². The van der Waals surface area contributed by atoms with E-state index in [9.17, 15) is 4.79 Å². The van der Waals surface area contributed by atoms with E-state index in [0.717, 1.165) is 11.4 Å². The first-order valence-electron chi connectivity index (χ1n) is 7.79. The third-order valence-electron chi connectivity index (χ3n) is 3.44. The molecular weight excluding hydrogens is 336 g/mol. The number of aromatic nitrogens is 3. The van der Waals surface area contributed by atoms with Gasteiger partial charge in [-0.2, -0.15) is 0 Å². The number of nitrogens with one attached hydrogen (secondary N) is 1. The lowest BCUT2D eigenvalue weighted by atomic mass is 10.3. The quantitative estimate of drug-likeness (QED) is 0.661. The van der Waals surface area contributed by atoms with Crippen LogP contribution >= 0.6 is 11.8 Å². The molecule has 0 saturated carbocycles. The van der Waals surface area contributed by atoms with E-state index in [1.54, 1.807) is 7.05 Å². The summed E-state index contributed by atoms with van der Waals surface area (Å²) in [6.07, 6.45) is 0. The molecule has 25 heavy (non-hydrogen) atoms. The molecule has 0 aliphatic rings. The highest BCUT2D eigenvalue weighted by Crippen LogP contribution is 2.23. The van der Waals surface area contributed by atoms with Crippen molar-refractivity contribution in [3.63, 3.8) is 0 Å². The minimum absolute atomic E-state index is 0.0605. The normalized spacial score (nSPS) is 10.4. The highest BCUT2D eigenvalue weighted by atomic mass is 32.2. The molecule has 0 aliphatic heterocycles. The summed E-state index contributed by atoms with van der Waals surface area (Å²) < 4.78 is 7.72. The van der Waals surface area contributed by atoms with Crippen LogP contribution in [0, 0.1) is 0 Å². The van der Waals surface area contributed by atoms with Gasteiger partial charge >= 0.3 is 0 Å². The predicted molar refractivity (Wildman–Crippen MR) is 96.9 cm³/mol. The molecular formula is C18H18N4O2S. The monoisotopic (exact) mass is 354 g/mol. The number of hydrogen-bond donors (Lipinski definition) is 1. The maximum absolute atomic E-state index is 11.5. The molecule has 6 nitrogen and oxygen atoms in total. The molecule has 0 fully saturated rings. The van der Waals surface area contributed by atoms with E-state index in [1.807, 2.05) is 65.2 Å². The topological polar surface area (TPSA) is 69.0 Å². The van der Waals surface area contributed by atoms with Crippen molar-refractivity contribution >= 4 is 17.7 Å². The second-order valence-electron chi connectivity index (χ2n) is 5.13. The Labute approximate surface area is 150 Å². The fourth-order valence-electron chi connectivity index (χ4n) is 2.19. The van der Waals surface area contributed by atoms with Crippen molar-refractivity contribution in [3.05, 3.63) is 66.5 Å². The molecule has 2 aromatic carbocycles. The van der Waals surface area contributed by atoms with Gasteiger partial charge in [-0.1, -0.05) is 48.2 Å². The molecule has 7 heteroatoms. The summed E-state index contributed by atoms with van der Waals surface area (Å²) in [5.41, 5.74) is 0.929. The molecule has 0 bridgehead atoms. The SMILES string of the molecule is CNC(=O)CSc1nnc(COc2ccccc2)n1-c1ccccc1. The molecule has 0 saturated heterocycles. The summed E-state index contributed by atoms with van der Waals surface area (Å²) in [6.45, 7) is 0.284. The maximum atomic E-state index is 11.5. The van der Waals surface area contributed by atoms with E-state index < -0.39 is 0 Å². The smallest absolute Gasteiger partial charge is 0.230 e. The van der Waals surface area contributed by atoms with Gasteiger partial charge in [0.1, 0.15) is 12.4 Å². The number of carbonyl (C=O) groups is 1. The minimum Gasteiger partial charge on any atom is -0.486 e. The van der Waals surface area contributed by atoms with Gasteiger partial charge in [-0.25, -0.2) is 0 Å². The molecule has 3 aromatic rings. The van der Waals surface area contributed by atoms with E-state index in [4.69, 9.17) is 4.74 Å². The number of amides is 1. The minimum atomic E-state index is -0.0605. The van der Waals surface area contributed by atoms with E-state index in [2.05, 4.69) is 15.5 Å². The Morgan fingerprint density at radius 3 is 2.44 bits per heavy atom. The number of rotatable bonds is 7. The Balaban J connectivity index is 1.84. The molecule has 0 aliphatic carbocycles. The Bertz CT molecular complexity index is 822. The van der Waals surface area contributed by atoms with Crippen LogP contribution in [-0.2, 0) is 11.4 Å². The van der Waals surface area contributed by atoms with Crippen molar-refractivity contribution in [2.75, 3.05) is 12.8 Å². The molecule has 1 heterocycles. The van der Waals surface area contributed by atoms with Crippen LogP contribution in [0.5, 0.6) is 5.75 Å². The van der Waals surface area contributed by atoms with Gasteiger partial charge in [0, 0.05) is 12.7 Å². The standard InChI is InChI=1S/C18H18N4O2S/c1-19-17(23)13-25-18-21-20-16(12-24-15-10-6-3-7-11-15)22(18)14-8-4-2-5-9-14/h2-11H,12-13H2,1H3,(H,19,23). The van der Waals surface area contributed by atoms with Crippen LogP contribution in [0.4, 0.5) is 0 Å². The van der Waals surface area contributed by atoms with Gasteiger partial charge in [0.25, 0.3) is 0 Å². The third kappa shape index (κ3) is 4.39. The molecule has 3 rings (SSSR count). The molecule has 0 atom stereocenters. The first kappa shape index (κ1) is 17.0. The maximum Gasteiger partial charge on any atom is 0.230 e. The molecule has 1 N–H and O–H groups in total. The lowest BCUT2D eigenvalue weighted by molar-refractivity contribution is -0.118. The Kier molecular flexibility index (Phi) is 5.69. The van der Waals surface area contributed by atoms with Crippen LogP contribution in [0.2, 0.25) is 0 Å².